The van der Waals surface area contributed by atoms with E-state index in [-0.39, 0.29) is 35.9 Å². The van der Waals surface area contributed by atoms with Gasteiger partial charge in [-0.1, -0.05) is 49.6 Å². The van der Waals surface area contributed by atoms with Crippen LogP contribution < -0.4 is 10.6 Å². The van der Waals surface area contributed by atoms with Crippen molar-refractivity contribution in [2.45, 2.75) is 102 Å². The van der Waals surface area contributed by atoms with Crippen molar-refractivity contribution in [2.75, 3.05) is 0 Å². The molecule has 2 aromatic carbocycles. The van der Waals surface area contributed by atoms with E-state index in [9.17, 15) is 24.6 Å². The van der Waals surface area contributed by atoms with Crippen molar-refractivity contribution >= 4 is 17.9 Å². The molecule has 0 radical (unpaired) electrons. The zero-order chi connectivity index (χ0) is 28.9. The molecule has 2 atom stereocenters. The summed E-state index contributed by atoms with van der Waals surface area (Å²) in [6.45, 7) is 5.22. The molecule has 3 amide bonds. The highest BCUT2D eigenvalue weighted by atomic mass is 16.6. The number of nitrogens with zero attached hydrogens (tertiary/aromatic N) is 1. The smallest absolute Gasteiger partial charge is 0.408 e. The third-order valence-corrected chi connectivity index (χ3v) is 7.27. The van der Waals surface area contributed by atoms with Crippen LogP contribution in [0.1, 0.15) is 82.9 Å². The summed E-state index contributed by atoms with van der Waals surface area (Å²) in [7, 11) is 0. The van der Waals surface area contributed by atoms with Crippen molar-refractivity contribution in [1.29, 1.82) is 0 Å². The maximum atomic E-state index is 14.4. The first-order chi connectivity index (χ1) is 19.0. The van der Waals surface area contributed by atoms with Crippen molar-refractivity contribution in [3.63, 3.8) is 0 Å². The molecule has 2 aliphatic carbocycles. The molecule has 2 fully saturated rings. The zero-order valence-electron chi connectivity index (χ0n) is 23.6. The number of benzene rings is 2. The number of carbonyl (C=O) groups excluding carboxylic acids is 3. The van der Waals surface area contributed by atoms with Gasteiger partial charge in [0.15, 0.2) is 0 Å². The summed E-state index contributed by atoms with van der Waals surface area (Å²) in [5, 5.41) is 26.4. The molecule has 2 saturated carbocycles. The largest absolute Gasteiger partial charge is 0.508 e. The summed E-state index contributed by atoms with van der Waals surface area (Å²) in [5.41, 5.74) is 0.287. The van der Waals surface area contributed by atoms with E-state index in [1.807, 2.05) is 0 Å². The van der Waals surface area contributed by atoms with Crippen molar-refractivity contribution in [3.05, 3.63) is 59.7 Å². The van der Waals surface area contributed by atoms with Gasteiger partial charge in [-0.25, -0.2) is 4.79 Å². The summed E-state index contributed by atoms with van der Waals surface area (Å²) in [6, 6.07) is 10.7. The Kier molecular flexibility index (Phi) is 9.22. The first kappa shape index (κ1) is 29.2. The van der Waals surface area contributed by atoms with E-state index in [0.717, 1.165) is 32.1 Å². The van der Waals surface area contributed by atoms with E-state index in [0.29, 0.717) is 24.0 Å². The molecule has 9 nitrogen and oxygen atoms in total. The summed E-state index contributed by atoms with van der Waals surface area (Å²) < 4.78 is 5.46. The number of alkyl carbamates (subject to hydrolysis) is 1. The molecule has 0 aromatic heterocycles. The molecule has 216 valence electrons. The molecule has 0 saturated heterocycles. The van der Waals surface area contributed by atoms with Gasteiger partial charge < -0.3 is 30.5 Å². The molecular formula is C31H41N3O6. The van der Waals surface area contributed by atoms with E-state index in [1.165, 1.54) is 23.1 Å². The number of phenolic OH excluding ortho intramolecular Hbond substituents is 2. The number of hydrogen-bond acceptors (Lipinski definition) is 6. The number of carbonyl (C=O) groups is 3. The lowest BCUT2D eigenvalue weighted by Gasteiger charge is -2.36. The van der Waals surface area contributed by atoms with Crippen LogP contribution in [0.15, 0.2) is 48.5 Å². The molecule has 40 heavy (non-hydrogen) atoms. The molecular weight excluding hydrogens is 510 g/mol. The summed E-state index contributed by atoms with van der Waals surface area (Å²) >= 11 is 0. The fourth-order valence-electron chi connectivity index (χ4n) is 5.23. The van der Waals surface area contributed by atoms with Gasteiger partial charge in [-0.2, -0.15) is 0 Å². The van der Waals surface area contributed by atoms with Crippen LogP contribution in [-0.2, 0) is 20.7 Å². The first-order valence-electron chi connectivity index (χ1n) is 14.2. The Morgan fingerprint density at radius 1 is 0.950 bits per heavy atom. The van der Waals surface area contributed by atoms with Crippen molar-refractivity contribution in [2.24, 2.45) is 0 Å². The highest BCUT2D eigenvalue weighted by Gasteiger charge is 2.45. The molecule has 0 bridgehead atoms. The Bertz CT molecular complexity index is 1180. The van der Waals surface area contributed by atoms with Crippen molar-refractivity contribution < 1.29 is 29.3 Å². The van der Waals surface area contributed by atoms with Crippen LogP contribution in [0.3, 0.4) is 0 Å². The Morgan fingerprint density at radius 2 is 1.60 bits per heavy atom. The number of para-hydroxylation sites is 1. The highest BCUT2D eigenvalue weighted by Crippen LogP contribution is 2.38. The second-order valence-electron chi connectivity index (χ2n) is 11.9. The third kappa shape index (κ3) is 7.90. The number of rotatable bonds is 9. The second kappa shape index (κ2) is 12.6. The van der Waals surface area contributed by atoms with Crippen molar-refractivity contribution in [3.8, 4) is 11.5 Å². The first-order valence-corrected chi connectivity index (χ1v) is 14.2. The predicted molar refractivity (Wildman–Crippen MR) is 151 cm³/mol. The lowest BCUT2D eigenvalue weighted by Crippen LogP contribution is -2.55. The molecule has 9 heteroatoms. The molecule has 2 aliphatic rings. The lowest BCUT2D eigenvalue weighted by molar-refractivity contribution is -0.143. The number of aromatic hydroxyl groups is 2. The summed E-state index contributed by atoms with van der Waals surface area (Å²) in [6.07, 6.45) is 5.76. The Labute approximate surface area is 235 Å². The zero-order valence-corrected chi connectivity index (χ0v) is 23.6. The minimum atomic E-state index is -1.06. The maximum absolute atomic E-state index is 14.4. The van der Waals surface area contributed by atoms with Gasteiger partial charge >= 0.3 is 6.09 Å². The van der Waals surface area contributed by atoms with Gasteiger partial charge in [-0.3, -0.25) is 9.59 Å². The van der Waals surface area contributed by atoms with Gasteiger partial charge in [0.2, 0.25) is 11.8 Å². The molecule has 4 rings (SSSR count). The predicted octanol–water partition coefficient (Wildman–Crippen LogP) is 4.71. The summed E-state index contributed by atoms with van der Waals surface area (Å²) in [4.78, 5) is 42.7. The van der Waals surface area contributed by atoms with E-state index in [1.54, 1.807) is 51.1 Å². The third-order valence-electron chi connectivity index (χ3n) is 7.27. The van der Waals surface area contributed by atoms with Crippen LogP contribution in [-0.4, -0.2) is 56.7 Å². The Balaban J connectivity index is 1.68. The van der Waals surface area contributed by atoms with Gasteiger partial charge in [0.1, 0.15) is 29.2 Å². The van der Waals surface area contributed by atoms with E-state index < -0.39 is 29.7 Å². The van der Waals surface area contributed by atoms with Crippen LogP contribution in [0.25, 0.3) is 0 Å². The number of ether oxygens (including phenoxy) is 1. The van der Waals surface area contributed by atoms with Gasteiger partial charge in [-0.05, 0) is 70.2 Å². The maximum Gasteiger partial charge on any atom is 0.408 e. The normalized spacial score (nSPS) is 17.4. The van der Waals surface area contributed by atoms with Crippen molar-refractivity contribution in [1.82, 2.24) is 15.5 Å². The quantitative estimate of drug-likeness (QED) is 0.357. The standard InChI is InChI=1S/C31H41N3O6/c1-31(2,3)40-30(39)33-25(19-20-13-17-23(35)18-14-20)29(38)34(22-15-16-22)27(24-11-7-8-12-26(24)36)28(37)32-21-9-5-4-6-10-21/h7-8,11-14,17-18,21-22,25,27,35-36H,4-6,9-10,15-16,19H2,1-3H3,(H,32,37)(H,33,39). The van der Waals surface area contributed by atoms with Crippen LogP contribution in [0.2, 0.25) is 0 Å². The molecule has 0 spiro atoms. The van der Waals surface area contributed by atoms with E-state index in [2.05, 4.69) is 10.6 Å². The number of phenols is 2. The highest BCUT2D eigenvalue weighted by molar-refractivity contribution is 5.93. The second-order valence-corrected chi connectivity index (χ2v) is 11.9. The monoisotopic (exact) mass is 551 g/mol. The van der Waals surface area contributed by atoms with E-state index in [4.69, 9.17) is 4.74 Å². The van der Waals surface area contributed by atoms with Crippen LogP contribution >= 0.6 is 0 Å². The topological polar surface area (TPSA) is 128 Å². The Hall–Kier alpha value is -3.75. The van der Waals surface area contributed by atoms with Gasteiger partial charge in [0.05, 0.1) is 0 Å². The average Bonchev–Trinajstić information content (AvgIpc) is 3.73. The molecule has 0 aliphatic heterocycles. The molecule has 0 heterocycles. The van der Waals surface area contributed by atoms with E-state index >= 15 is 0 Å². The minimum Gasteiger partial charge on any atom is -0.508 e. The SMILES string of the molecule is CC(C)(C)OC(=O)NC(Cc1ccc(O)cc1)C(=O)N(C1CC1)C(C(=O)NC1CCCCC1)c1ccccc1O. The lowest BCUT2D eigenvalue weighted by atomic mass is 9.94. The van der Waals surface area contributed by atoms with Gasteiger partial charge in [0, 0.05) is 24.1 Å². The molecule has 4 N–H and O–H groups in total. The van der Waals surface area contributed by atoms with Crippen LogP contribution in [0.4, 0.5) is 4.79 Å². The van der Waals surface area contributed by atoms with Crippen LogP contribution in [0.5, 0.6) is 11.5 Å². The average molecular weight is 552 g/mol. The Morgan fingerprint density at radius 3 is 2.20 bits per heavy atom. The molecule has 2 aromatic rings. The van der Waals surface area contributed by atoms with Gasteiger partial charge in [0.25, 0.3) is 0 Å². The number of amides is 3. The number of nitrogens with one attached hydrogen (secondary N) is 2. The fourth-order valence-corrected chi connectivity index (χ4v) is 5.23. The number of hydrogen-bond donors (Lipinski definition) is 4. The minimum absolute atomic E-state index is 0.0124. The molecule has 2 unspecified atom stereocenters. The fraction of sp³-hybridized carbons (Fsp3) is 0.516. The van der Waals surface area contributed by atoms with Gasteiger partial charge in [-0.15, -0.1) is 0 Å². The van der Waals surface area contributed by atoms with Crippen LogP contribution in [0, 0.1) is 0 Å². The summed E-state index contributed by atoms with van der Waals surface area (Å²) in [5.74, 6) is -0.756.